The van der Waals surface area contributed by atoms with E-state index in [2.05, 4.69) is 0 Å². The van der Waals surface area contributed by atoms with Crippen LogP contribution in [0.3, 0.4) is 0 Å². The maximum Gasteiger partial charge on any atom is 0.325 e. The van der Waals surface area contributed by atoms with E-state index in [4.69, 9.17) is 20.3 Å². The van der Waals surface area contributed by atoms with Crippen molar-refractivity contribution in [2.24, 2.45) is 5.73 Å². The first-order valence-electron chi connectivity index (χ1n) is 4.81. The Kier molecular flexibility index (Phi) is 2.76. The number of ether oxygens (including phenoxy) is 2. The molecule has 1 unspecified atom stereocenters. The summed E-state index contributed by atoms with van der Waals surface area (Å²) in [4.78, 5) is 10.8. The topological polar surface area (TPSA) is 102 Å². The number of fused-ring (bicyclic) bond motifs is 1. The lowest BCUT2D eigenvalue weighted by Gasteiger charge is -2.23. The number of hydrogen-bond donors (Lipinski definition) is 3. The zero-order valence-corrected chi connectivity index (χ0v) is 8.64. The van der Waals surface area contributed by atoms with Gasteiger partial charge in [-0.2, -0.15) is 0 Å². The molecule has 0 saturated carbocycles. The minimum Gasteiger partial charge on any atom is -0.505 e. The van der Waals surface area contributed by atoms with Gasteiger partial charge in [-0.3, -0.25) is 4.79 Å². The first-order valence-corrected chi connectivity index (χ1v) is 4.81. The highest BCUT2D eigenvalue weighted by Crippen LogP contribution is 2.42. The molecule has 0 spiro atoms. The van der Waals surface area contributed by atoms with Gasteiger partial charge in [-0.05, 0) is 0 Å². The summed E-state index contributed by atoms with van der Waals surface area (Å²) in [6.45, 7) is 0.399. The van der Waals surface area contributed by atoms with Gasteiger partial charge in [-0.25, -0.2) is 4.39 Å². The Labute approximate surface area is 95.4 Å². The van der Waals surface area contributed by atoms with Crippen LogP contribution < -0.4 is 15.2 Å². The second-order valence-corrected chi connectivity index (χ2v) is 3.46. The Bertz CT molecular complexity index is 476. The standard InChI is InChI=1S/C10H10FNO5/c11-7-4(13)3-5-9(17-2-1-16-5)6(7)8(12)10(14)15/h3,8,13H,1-2,12H2,(H,14,15). The molecular weight excluding hydrogens is 233 g/mol. The van der Waals surface area contributed by atoms with E-state index in [-0.39, 0.29) is 24.7 Å². The van der Waals surface area contributed by atoms with Gasteiger partial charge >= 0.3 is 5.97 Å². The van der Waals surface area contributed by atoms with Crippen molar-refractivity contribution in [1.29, 1.82) is 0 Å². The molecule has 7 heteroatoms. The van der Waals surface area contributed by atoms with Gasteiger partial charge in [0.2, 0.25) is 0 Å². The molecule has 6 nitrogen and oxygen atoms in total. The number of carboxylic acids is 1. The van der Waals surface area contributed by atoms with E-state index in [9.17, 15) is 14.3 Å². The first kappa shape index (κ1) is 11.5. The fraction of sp³-hybridized carbons (Fsp3) is 0.300. The summed E-state index contributed by atoms with van der Waals surface area (Å²) in [6, 6.07) is -0.598. The van der Waals surface area contributed by atoms with E-state index in [1.54, 1.807) is 0 Å². The van der Waals surface area contributed by atoms with Crippen molar-refractivity contribution in [2.75, 3.05) is 13.2 Å². The summed E-state index contributed by atoms with van der Waals surface area (Å²) in [7, 11) is 0. The summed E-state index contributed by atoms with van der Waals surface area (Å²) in [5, 5.41) is 18.1. The van der Waals surface area contributed by atoms with E-state index < -0.39 is 29.1 Å². The van der Waals surface area contributed by atoms with Crippen LogP contribution in [0, 0.1) is 5.82 Å². The predicted molar refractivity (Wildman–Crippen MR) is 53.6 cm³/mol. The number of halogens is 1. The van der Waals surface area contributed by atoms with Gasteiger partial charge in [-0.1, -0.05) is 0 Å². The van der Waals surface area contributed by atoms with Crippen LogP contribution in [-0.4, -0.2) is 29.4 Å². The maximum absolute atomic E-state index is 13.7. The lowest BCUT2D eigenvalue weighted by molar-refractivity contribution is -0.138. The first-order chi connectivity index (χ1) is 8.02. The van der Waals surface area contributed by atoms with Crippen molar-refractivity contribution in [3.05, 3.63) is 17.4 Å². The highest BCUT2D eigenvalue weighted by Gasteiger charge is 2.30. The summed E-state index contributed by atoms with van der Waals surface area (Å²) in [6.07, 6.45) is 0. The van der Waals surface area contributed by atoms with Crippen LogP contribution >= 0.6 is 0 Å². The molecule has 17 heavy (non-hydrogen) atoms. The molecule has 1 aromatic carbocycles. The summed E-state index contributed by atoms with van der Waals surface area (Å²) in [5.74, 6) is -3.24. The van der Waals surface area contributed by atoms with E-state index >= 15 is 0 Å². The van der Waals surface area contributed by atoms with Gasteiger partial charge in [0.25, 0.3) is 0 Å². The van der Waals surface area contributed by atoms with Crippen molar-refractivity contribution < 1.29 is 28.9 Å². The average Bonchev–Trinajstić information content (AvgIpc) is 2.30. The van der Waals surface area contributed by atoms with Crippen LogP contribution in [-0.2, 0) is 4.79 Å². The molecule has 1 aliphatic rings. The van der Waals surface area contributed by atoms with Crippen molar-refractivity contribution >= 4 is 5.97 Å². The Morgan fingerprint density at radius 2 is 2.12 bits per heavy atom. The molecule has 92 valence electrons. The van der Waals surface area contributed by atoms with Gasteiger partial charge in [-0.15, -0.1) is 0 Å². The van der Waals surface area contributed by atoms with Crippen LogP contribution in [0.25, 0.3) is 0 Å². The molecule has 0 bridgehead atoms. The molecule has 4 N–H and O–H groups in total. The minimum atomic E-state index is -1.63. The molecule has 1 aliphatic heterocycles. The van der Waals surface area contributed by atoms with Crippen LogP contribution in [0.2, 0.25) is 0 Å². The van der Waals surface area contributed by atoms with E-state index in [0.29, 0.717) is 0 Å². The summed E-state index contributed by atoms with van der Waals surface area (Å²) in [5.41, 5.74) is 4.94. The van der Waals surface area contributed by atoms with Gasteiger partial charge < -0.3 is 25.4 Å². The molecule has 0 saturated heterocycles. The Hall–Kier alpha value is -2.02. The largest absolute Gasteiger partial charge is 0.505 e. The van der Waals surface area contributed by atoms with Crippen molar-refractivity contribution in [2.45, 2.75) is 6.04 Å². The Morgan fingerprint density at radius 1 is 1.47 bits per heavy atom. The van der Waals surface area contributed by atoms with Crippen LogP contribution in [0.15, 0.2) is 6.07 Å². The van der Waals surface area contributed by atoms with Crippen molar-refractivity contribution in [3.63, 3.8) is 0 Å². The molecule has 0 aromatic heterocycles. The zero-order valence-electron chi connectivity index (χ0n) is 8.64. The van der Waals surface area contributed by atoms with Gasteiger partial charge in [0.1, 0.15) is 19.3 Å². The lowest BCUT2D eigenvalue weighted by Crippen LogP contribution is -2.25. The zero-order chi connectivity index (χ0) is 12.6. The van der Waals surface area contributed by atoms with E-state index in [1.165, 1.54) is 0 Å². The maximum atomic E-state index is 13.7. The van der Waals surface area contributed by atoms with Crippen LogP contribution in [0.1, 0.15) is 11.6 Å². The second kappa shape index (κ2) is 4.10. The number of carboxylic acid groups (broad SMARTS) is 1. The molecule has 0 amide bonds. The summed E-state index contributed by atoms with van der Waals surface area (Å²) >= 11 is 0. The fourth-order valence-corrected chi connectivity index (χ4v) is 1.58. The third-order valence-corrected chi connectivity index (χ3v) is 2.36. The number of aromatic hydroxyl groups is 1. The van der Waals surface area contributed by atoms with Crippen LogP contribution in [0.5, 0.6) is 17.2 Å². The van der Waals surface area contributed by atoms with Gasteiger partial charge in [0, 0.05) is 6.07 Å². The van der Waals surface area contributed by atoms with E-state index in [0.717, 1.165) is 6.07 Å². The SMILES string of the molecule is NC(C(=O)O)c1c(F)c(O)cc2c1OCCO2. The number of benzene rings is 1. The number of hydrogen-bond acceptors (Lipinski definition) is 5. The number of phenolic OH excluding ortho intramolecular Hbond substituents is 1. The number of carbonyl (C=O) groups is 1. The van der Waals surface area contributed by atoms with Gasteiger partial charge in [0.05, 0.1) is 5.56 Å². The Morgan fingerprint density at radius 3 is 2.76 bits per heavy atom. The summed E-state index contributed by atoms with van der Waals surface area (Å²) < 4.78 is 23.9. The molecule has 2 rings (SSSR count). The molecule has 0 fully saturated rings. The molecular formula is C10H10FNO5. The van der Waals surface area contributed by atoms with Crippen LogP contribution in [0.4, 0.5) is 4.39 Å². The molecule has 1 heterocycles. The lowest BCUT2D eigenvalue weighted by atomic mass is 10.0. The molecule has 0 aliphatic carbocycles. The van der Waals surface area contributed by atoms with E-state index in [1.807, 2.05) is 0 Å². The van der Waals surface area contributed by atoms with Crippen molar-refractivity contribution in [1.82, 2.24) is 0 Å². The third-order valence-electron chi connectivity index (χ3n) is 2.36. The highest BCUT2D eigenvalue weighted by atomic mass is 19.1. The minimum absolute atomic E-state index is 0.0681. The number of aliphatic carboxylic acids is 1. The normalized spacial score (nSPS) is 15.4. The number of phenols is 1. The molecule has 0 radical (unpaired) electrons. The second-order valence-electron chi connectivity index (χ2n) is 3.46. The third kappa shape index (κ3) is 1.84. The predicted octanol–water partition coefficient (Wildman–Crippen LogP) is 0.387. The quantitative estimate of drug-likeness (QED) is 0.694. The van der Waals surface area contributed by atoms with Gasteiger partial charge in [0.15, 0.2) is 23.1 Å². The molecule has 1 aromatic rings. The van der Waals surface area contributed by atoms with Crippen molar-refractivity contribution in [3.8, 4) is 17.2 Å². The number of rotatable bonds is 2. The Balaban J connectivity index is 2.62. The smallest absolute Gasteiger partial charge is 0.325 e. The average molecular weight is 243 g/mol. The highest BCUT2D eigenvalue weighted by molar-refractivity contribution is 5.77. The molecule has 1 atom stereocenters. The monoisotopic (exact) mass is 243 g/mol. The fourth-order valence-electron chi connectivity index (χ4n) is 1.58. The number of nitrogens with two attached hydrogens (primary N) is 1.